The molecular weight excluding hydrogens is 346 g/mol. The summed E-state index contributed by atoms with van der Waals surface area (Å²) in [5.74, 6) is 0.00409. The molecule has 0 bridgehead atoms. The van der Waals surface area contributed by atoms with Crippen LogP contribution in [0.25, 0.3) is 0 Å². The average Bonchev–Trinajstić information content (AvgIpc) is 3.42. The minimum atomic E-state index is 0.00409. The number of carbonyl (C=O) groups is 1. The van der Waals surface area contributed by atoms with Crippen molar-refractivity contribution in [1.29, 1.82) is 0 Å². The third-order valence-electron chi connectivity index (χ3n) is 5.87. The zero-order valence-corrected chi connectivity index (χ0v) is 16.7. The first-order chi connectivity index (χ1) is 13.8. The molecule has 0 saturated carbocycles. The highest BCUT2D eigenvalue weighted by atomic mass is 16.1. The number of amides is 1. The zero-order valence-electron chi connectivity index (χ0n) is 16.7. The number of carbonyl (C=O) groups excluding carboxylic acids is 1. The maximum absolute atomic E-state index is 12.6. The van der Waals surface area contributed by atoms with Gasteiger partial charge in [0.15, 0.2) is 0 Å². The smallest absolute Gasteiger partial charge is 0.251 e. The lowest BCUT2D eigenvalue weighted by Crippen LogP contribution is -2.23. The van der Waals surface area contributed by atoms with Gasteiger partial charge in [0, 0.05) is 25.2 Å². The fraction of sp³-hybridized carbons (Fsp3) is 0.458. The molecular formula is C24H31N3O. The van der Waals surface area contributed by atoms with Crippen molar-refractivity contribution in [3.63, 3.8) is 0 Å². The van der Waals surface area contributed by atoms with Gasteiger partial charge in [-0.1, -0.05) is 36.4 Å². The molecule has 2 aliphatic rings. The lowest BCUT2D eigenvalue weighted by atomic mass is 10.1. The van der Waals surface area contributed by atoms with E-state index < -0.39 is 0 Å². The number of nitrogens with one attached hydrogen (secondary N) is 1. The van der Waals surface area contributed by atoms with E-state index in [0.717, 1.165) is 24.2 Å². The SMILES string of the molecule is O=C(NCc1ccc(CN2CCCC2)cc1)c1cccc(CN2CCCC2)c1. The molecule has 0 aliphatic carbocycles. The number of nitrogens with zero attached hydrogens (tertiary/aromatic N) is 2. The Morgan fingerprint density at radius 3 is 1.96 bits per heavy atom. The van der Waals surface area contributed by atoms with E-state index in [-0.39, 0.29) is 5.91 Å². The van der Waals surface area contributed by atoms with Crippen LogP contribution in [0.3, 0.4) is 0 Å². The van der Waals surface area contributed by atoms with Crippen molar-refractivity contribution in [3.05, 3.63) is 70.8 Å². The number of hydrogen-bond acceptors (Lipinski definition) is 3. The molecule has 1 amide bonds. The summed E-state index contributed by atoms with van der Waals surface area (Å²) in [7, 11) is 0. The predicted molar refractivity (Wildman–Crippen MR) is 113 cm³/mol. The van der Waals surface area contributed by atoms with Crippen LogP contribution in [0, 0.1) is 0 Å². The van der Waals surface area contributed by atoms with Crippen LogP contribution < -0.4 is 5.32 Å². The van der Waals surface area contributed by atoms with Crippen LogP contribution >= 0.6 is 0 Å². The second kappa shape index (κ2) is 9.35. The lowest BCUT2D eigenvalue weighted by Gasteiger charge is -2.15. The van der Waals surface area contributed by atoms with Crippen molar-refractivity contribution in [2.75, 3.05) is 26.2 Å². The molecule has 0 unspecified atom stereocenters. The molecule has 2 fully saturated rings. The average molecular weight is 378 g/mol. The molecule has 0 radical (unpaired) electrons. The molecule has 2 heterocycles. The molecule has 4 nitrogen and oxygen atoms in total. The summed E-state index contributed by atoms with van der Waals surface area (Å²) in [6.07, 6.45) is 5.22. The van der Waals surface area contributed by atoms with Gasteiger partial charge in [0.2, 0.25) is 0 Å². The Hall–Kier alpha value is -2.17. The molecule has 148 valence electrons. The van der Waals surface area contributed by atoms with Crippen LogP contribution in [0.5, 0.6) is 0 Å². The molecule has 28 heavy (non-hydrogen) atoms. The van der Waals surface area contributed by atoms with Gasteiger partial charge in [-0.3, -0.25) is 14.6 Å². The monoisotopic (exact) mass is 377 g/mol. The Bertz CT molecular complexity index is 775. The number of benzene rings is 2. The molecule has 4 rings (SSSR count). The van der Waals surface area contributed by atoms with E-state index in [1.807, 2.05) is 18.2 Å². The standard InChI is InChI=1S/C24H31N3O/c28-24(23-7-5-6-22(16-23)19-27-14-3-4-15-27)25-17-20-8-10-21(11-9-20)18-26-12-1-2-13-26/h5-11,16H,1-4,12-15,17-19H2,(H,25,28). The summed E-state index contributed by atoms with van der Waals surface area (Å²) in [5, 5.41) is 3.07. The van der Waals surface area contributed by atoms with Crippen LogP contribution in [-0.2, 0) is 19.6 Å². The van der Waals surface area contributed by atoms with Crippen LogP contribution in [0.15, 0.2) is 48.5 Å². The minimum Gasteiger partial charge on any atom is -0.348 e. The van der Waals surface area contributed by atoms with E-state index >= 15 is 0 Å². The minimum absolute atomic E-state index is 0.00409. The van der Waals surface area contributed by atoms with Crippen molar-refractivity contribution in [3.8, 4) is 0 Å². The maximum atomic E-state index is 12.6. The lowest BCUT2D eigenvalue weighted by molar-refractivity contribution is 0.0950. The van der Waals surface area contributed by atoms with Gasteiger partial charge in [0.05, 0.1) is 0 Å². The Morgan fingerprint density at radius 2 is 1.32 bits per heavy atom. The fourth-order valence-corrected chi connectivity index (χ4v) is 4.26. The molecule has 0 aromatic heterocycles. The first kappa shape index (κ1) is 19.2. The highest BCUT2D eigenvalue weighted by Gasteiger charge is 2.13. The molecule has 2 saturated heterocycles. The molecule has 4 heteroatoms. The maximum Gasteiger partial charge on any atom is 0.251 e. The quantitative estimate of drug-likeness (QED) is 0.797. The van der Waals surface area contributed by atoms with E-state index in [9.17, 15) is 4.79 Å². The van der Waals surface area contributed by atoms with Crippen LogP contribution in [0.2, 0.25) is 0 Å². The summed E-state index contributed by atoms with van der Waals surface area (Å²) in [6, 6.07) is 16.7. The van der Waals surface area contributed by atoms with Crippen molar-refractivity contribution < 1.29 is 4.79 Å². The topological polar surface area (TPSA) is 35.6 Å². The van der Waals surface area contributed by atoms with E-state index in [4.69, 9.17) is 0 Å². The predicted octanol–water partition coefficient (Wildman–Crippen LogP) is 3.81. The van der Waals surface area contributed by atoms with Gasteiger partial charge in [-0.15, -0.1) is 0 Å². The molecule has 0 spiro atoms. The normalized spacial score (nSPS) is 17.9. The second-order valence-corrected chi connectivity index (χ2v) is 8.17. The number of likely N-dealkylation sites (tertiary alicyclic amines) is 2. The highest BCUT2D eigenvalue weighted by Crippen LogP contribution is 2.15. The van der Waals surface area contributed by atoms with Gasteiger partial charge >= 0.3 is 0 Å². The first-order valence-electron chi connectivity index (χ1n) is 10.7. The van der Waals surface area contributed by atoms with Crippen LogP contribution in [0.4, 0.5) is 0 Å². The largest absolute Gasteiger partial charge is 0.348 e. The fourth-order valence-electron chi connectivity index (χ4n) is 4.26. The summed E-state index contributed by atoms with van der Waals surface area (Å²) < 4.78 is 0. The first-order valence-corrected chi connectivity index (χ1v) is 10.7. The summed E-state index contributed by atoms with van der Waals surface area (Å²) in [6.45, 7) is 7.33. The Morgan fingerprint density at radius 1 is 0.750 bits per heavy atom. The van der Waals surface area contributed by atoms with E-state index in [1.54, 1.807) is 0 Å². The Balaban J connectivity index is 1.28. The Kier molecular flexibility index (Phi) is 6.40. The van der Waals surface area contributed by atoms with E-state index in [1.165, 1.54) is 63.0 Å². The molecule has 2 aliphatic heterocycles. The van der Waals surface area contributed by atoms with E-state index in [0.29, 0.717) is 6.54 Å². The van der Waals surface area contributed by atoms with Crippen molar-refractivity contribution in [1.82, 2.24) is 15.1 Å². The highest BCUT2D eigenvalue weighted by molar-refractivity contribution is 5.94. The van der Waals surface area contributed by atoms with E-state index in [2.05, 4.69) is 45.4 Å². The van der Waals surface area contributed by atoms with Gasteiger partial charge in [-0.05, 0) is 80.7 Å². The number of hydrogen-bond donors (Lipinski definition) is 1. The van der Waals surface area contributed by atoms with Crippen LogP contribution in [-0.4, -0.2) is 41.9 Å². The van der Waals surface area contributed by atoms with Gasteiger partial charge < -0.3 is 5.32 Å². The van der Waals surface area contributed by atoms with Crippen molar-refractivity contribution >= 4 is 5.91 Å². The third-order valence-corrected chi connectivity index (χ3v) is 5.87. The number of rotatable bonds is 7. The van der Waals surface area contributed by atoms with Gasteiger partial charge in [-0.25, -0.2) is 0 Å². The summed E-state index contributed by atoms with van der Waals surface area (Å²) >= 11 is 0. The molecule has 0 atom stereocenters. The van der Waals surface area contributed by atoms with Gasteiger partial charge in [-0.2, -0.15) is 0 Å². The third kappa shape index (κ3) is 5.21. The van der Waals surface area contributed by atoms with Crippen LogP contribution in [0.1, 0.15) is 52.7 Å². The van der Waals surface area contributed by atoms with Crippen molar-refractivity contribution in [2.24, 2.45) is 0 Å². The van der Waals surface area contributed by atoms with Gasteiger partial charge in [0.1, 0.15) is 0 Å². The zero-order chi connectivity index (χ0) is 19.2. The Labute approximate surface area is 168 Å². The van der Waals surface area contributed by atoms with Gasteiger partial charge in [0.25, 0.3) is 5.91 Å². The molecule has 2 aromatic carbocycles. The second-order valence-electron chi connectivity index (χ2n) is 8.17. The molecule has 1 N–H and O–H groups in total. The van der Waals surface area contributed by atoms with Crippen molar-refractivity contribution in [2.45, 2.75) is 45.3 Å². The summed E-state index contributed by atoms with van der Waals surface area (Å²) in [4.78, 5) is 17.5. The summed E-state index contributed by atoms with van der Waals surface area (Å²) in [5.41, 5.74) is 4.47. The molecule has 2 aromatic rings.